The Morgan fingerprint density at radius 2 is 1.83 bits per heavy atom. The smallest absolute Gasteiger partial charge is 0.407 e. The number of hydrogen-bond acceptors (Lipinski definition) is 3. The van der Waals surface area contributed by atoms with Crippen LogP contribution in [0.4, 0.5) is 4.79 Å². The van der Waals surface area contributed by atoms with Crippen LogP contribution in [0.2, 0.25) is 5.54 Å². The lowest BCUT2D eigenvalue weighted by Gasteiger charge is -2.21. The first-order valence-corrected chi connectivity index (χ1v) is 8.31. The Balaban J connectivity index is 3.79. The molecule has 0 aliphatic heterocycles. The second kappa shape index (κ2) is 10.3. The van der Waals surface area contributed by atoms with E-state index < -0.39 is 15.4 Å². The number of unbranched alkanes of at least 4 members (excludes halogenated alkanes) is 1. The van der Waals surface area contributed by atoms with Gasteiger partial charge in [0.1, 0.15) is 0 Å². The van der Waals surface area contributed by atoms with E-state index in [0.717, 1.165) is 19.3 Å². The third-order valence-electron chi connectivity index (χ3n) is 2.86. The first-order valence-electron chi connectivity index (χ1n) is 6.70. The number of hydrogen-bond donors (Lipinski definition) is 1. The molecule has 108 valence electrons. The van der Waals surface area contributed by atoms with Crippen molar-refractivity contribution in [3.05, 3.63) is 0 Å². The predicted octanol–water partition coefficient (Wildman–Crippen LogP) is 2.45. The van der Waals surface area contributed by atoms with E-state index in [9.17, 15) is 4.79 Å². The molecular weight excluding hydrogens is 250 g/mol. The Morgan fingerprint density at radius 1 is 1.28 bits per heavy atom. The monoisotopic (exact) mass is 277 g/mol. The number of rotatable bonds is 10. The molecule has 0 aromatic heterocycles. The summed E-state index contributed by atoms with van der Waals surface area (Å²) < 4.78 is 11.3. The van der Waals surface area contributed by atoms with Crippen molar-refractivity contribution in [2.45, 2.75) is 45.6 Å². The Labute approximate surface area is 112 Å². The van der Waals surface area contributed by atoms with Crippen LogP contribution in [0.3, 0.4) is 0 Å². The molecule has 0 saturated heterocycles. The maximum Gasteiger partial charge on any atom is 0.407 e. The summed E-state index contributed by atoms with van der Waals surface area (Å²) in [7, 11) is 0.0560. The van der Waals surface area contributed by atoms with Crippen molar-refractivity contribution in [2.75, 3.05) is 26.8 Å². The lowest BCUT2D eigenvalue weighted by molar-refractivity contribution is 0.155. The Kier molecular flexibility index (Phi) is 10.00. The van der Waals surface area contributed by atoms with Crippen LogP contribution in [0.25, 0.3) is 0 Å². The highest BCUT2D eigenvalue weighted by molar-refractivity contribution is 6.46. The molecule has 0 aromatic carbocycles. The third-order valence-corrected chi connectivity index (χ3v) is 5.44. The van der Waals surface area contributed by atoms with Gasteiger partial charge in [-0.05, 0) is 32.2 Å². The van der Waals surface area contributed by atoms with Gasteiger partial charge >= 0.3 is 15.4 Å². The summed E-state index contributed by atoms with van der Waals surface area (Å²) in [4.78, 5) is 11.9. The predicted molar refractivity (Wildman–Crippen MR) is 74.3 cm³/mol. The Morgan fingerprint density at radius 3 is 2.28 bits per heavy atom. The SMILES string of the molecule is CCO[SiH](OCC)C(C)CCCCN(C)C(=O)O. The zero-order valence-electron chi connectivity index (χ0n) is 12.0. The highest BCUT2D eigenvalue weighted by atomic mass is 28.3. The number of nitrogens with zero attached hydrogens (tertiary/aromatic N) is 1. The van der Waals surface area contributed by atoms with Crippen molar-refractivity contribution < 1.29 is 18.8 Å². The summed E-state index contributed by atoms with van der Waals surface area (Å²) >= 11 is 0. The van der Waals surface area contributed by atoms with Gasteiger partial charge in [-0.2, -0.15) is 0 Å². The van der Waals surface area contributed by atoms with E-state index in [1.807, 2.05) is 13.8 Å². The molecule has 0 aromatic rings. The molecule has 0 rings (SSSR count). The summed E-state index contributed by atoms with van der Waals surface area (Å²) in [6.45, 7) is 8.17. The summed E-state index contributed by atoms with van der Waals surface area (Å²) in [6, 6.07) is 0. The van der Waals surface area contributed by atoms with Crippen molar-refractivity contribution in [3.63, 3.8) is 0 Å². The normalized spacial score (nSPS) is 12.7. The molecule has 1 N–H and O–H groups in total. The first kappa shape index (κ1) is 17.4. The van der Waals surface area contributed by atoms with E-state index in [1.54, 1.807) is 7.05 Å². The van der Waals surface area contributed by atoms with E-state index in [0.29, 0.717) is 25.3 Å². The Bertz CT molecular complexity index is 222. The zero-order chi connectivity index (χ0) is 14.0. The average molecular weight is 277 g/mol. The van der Waals surface area contributed by atoms with Crippen molar-refractivity contribution in [3.8, 4) is 0 Å². The van der Waals surface area contributed by atoms with Crippen LogP contribution in [-0.2, 0) is 8.85 Å². The molecule has 0 aliphatic carbocycles. The van der Waals surface area contributed by atoms with Crippen LogP contribution in [0.15, 0.2) is 0 Å². The van der Waals surface area contributed by atoms with E-state index in [-0.39, 0.29) is 0 Å². The molecule has 0 aliphatic rings. The van der Waals surface area contributed by atoms with E-state index in [1.165, 1.54) is 4.90 Å². The van der Waals surface area contributed by atoms with Crippen LogP contribution in [0.5, 0.6) is 0 Å². The van der Waals surface area contributed by atoms with Gasteiger partial charge in [0.2, 0.25) is 0 Å². The van der Waals surface area contributed by atoms with E-state index >= 15 is 0 Å². The van der Waals surface area contributed by atoms with Crippen LogP contribution in [-0.4, -0.2) is 52.2 Å². The van der Waals surface area contributed by atoms with Crippen molar-refractivity contribution >= 4 is 15.4 Å². The maximum atomic E-state index is 10.6. The summed E-state index contributed by atoms with van der Waals surface area (Å²) in [6.07, 6.45) is 2.10. The molecule has 18 heavy (non-hydrogen) atoms. The van der Waals surface area contributed by atoms with Gasteiger partial charge in [0.25, 0.3) is 0 Å². The van der Waals surface area contributed by atoms with Crippen molar-refractivity contribution in [1.29, 1.82) is 0 Å². The van der Waals surface area contributed by atoms with E-state index in [4.69, 9.17) is 14.0 Å². The molecule has 0 spiro atoms. The minimum atomic E-state index is -1.54. The molecule has 0 radical (unpaired) electrons. The first-order chi connectivity index (χ1) is 8.52. The Hall–Kier alpha value is -0.593. The van der Waals surface area contributed by atoms with Crippen molar-refractivity contribution in [2.24, 2.45) is 0 Å². The minimum Gasteiger partial charge on any atom is -0.465 e. The second-order valence-electron chi connectivity index (χ2n) is 4.46. The van der Waals surface area contributed by atoms with Gasteiger partial charge in [-0.3, -0.25) is 0 Å². The summed E-state index contributed by atoms with van der Waals surface area (Å²) in [5.41, 5.74) is 0.472. The quantitative estimate of drug-likeness (QED) is 0.492. The molecule has 0 fully saturated rings. The van der Waals surface area contributed by atoms with Gasteiger partial charge in [-0.15, -0.1) is 0 Å². The zero-order valence-corrected chi connectivity index (χ0v) is 13.2. The molecule has 0 saturated carbocycles. The molecule has 5 nitrogen and oxygen atoms in total. The van der Waals surface area contributed by atoms with Crippen LogP contribution >= 0.6 is 0 Å². The topological polar surface area (TPSA) is 59.0 Å². The lowest BCUT2D eigenvalue weighted by atomic mass is 10.2. The van der Waals surface area contributed by atoms with E-state index in [2.05, 4.69) is 6.92 Å². The van der Waals surface area contributed by atoms with Gasteiger partial charge < -0.3 is 18.9 Å². The molecular formula is C12H27NO4Si. The van der Waals surface area contributed by atoms with Gasteiger partial charge in [-0.25, -0.2) is 4.79 Å². The van der Waals surface area contributed by atoms with Gasteiger partial charge in [0.05, 0.1) is 0 Å². The van der Waals surface area contributed by atoms with Gasteiger partial charge in [-0.1, -0.05) is 13.3 Å². The largest absolute Gasteiger partial charge is 0.465 e. The third kappa shape index (κ3) is 7.68. The average Bonchev–Trinajstić information content (AvgIpc) is 2.33. The number of carboxylic acid groups (broad SMARTS) is 1. The molecule has 0 bridgehead atoms. The highest BCUT2D eigenvalue weighted by Crippen LogP contribution is 2.19. The molecule has 1 amide bonds. The van der Waals surface area contributed by atoms with Crippen LogP contribution < -0.4 is 0 Å². The van der Waals surface area contributed by atoms with Crippen LogP contribution in [0.1, 0.15) is 40.0 Å². The molecule has 1 atom stereocenters. The summed E-state index contributed by atoms with van der Waals surface area (Å²) in [5, 5.41) is 8.71. The maximum absolute atomic E-state index is 10.6. The lowest BCUT2D eigenvalue weighted by Crippen LogP contribution is -2.28. The van der Waals surface area contributed by atoms with Gasteiger partial charge in [0, 0.05) is 26.8 Å². The standard InChI is InChI=1S/C12H27NO4Si/c1-5-16-18(17-6-2)11(3)9-7-8-10-13(4)12(14)15/h11,18H,5-10H2,1-4H3,(H,14,15). The second-order valence-corrected chi connectivity index (χ2v) is 7.00. The fourth-order valence-electron chi connectivity index (χ4n) is 1.75. The minimum absolute atomic E-state index is 0.472. The fraction of sp³-hybridized carbons (Fsp3) is 0.917. The highest BCUT2D eigenvalue weighted by Gasteiger charge is 2.20. The number of amides is 1. The van der Waals surface area contributed by atoms with Crippen molar-refractivity contribution in [1.82, 2.24) is 4.90 Å². The molecule has 1 unspecified atom stereocenters. The molecule has 6 heteroatoms. The number of carbonyl (C=O) groups is 1. The fourth-order valence-corrected chi connectivity index (χ4v) is 3.67. The summed E-state index contributed by atoms with van der Waals surface area (Å²) in [5.74, 6) is 0. The molecule has 0 heterocycles. The van der Waals surface area contributed by atoms with Gasteiger partial charge in [0.15, 0.2) is 0 Å². The van der Waals surface area contributed by atoms with Crippen LogP contribution in [0, 0.1) is 0 Å².